The van der Waals surface area contributed by atoms with Gasteiger partial charge in [0.25, 0.3) is 11.8 Å². The quantitative estimate of drug-likeness (QED) is 0.853. The second kappa shape index (κ2) is 7.81. The van der Waals surface area contributed by atoms with Crippen LogP contribution in [0.3, 0.4) is 0 Å². The predicted octanol–water partition coefficient (Wildman–Crippen LogP) is 3.69. The maximum Gasteiger partial charge on any atom is 0.257 e. The normalized spacial score (nSPS) is 18.3. The molecule has 0 spiro atoms. The third-order valence-electron chi connectivity index (χ3n) is 5.69. The van der Waals surface area contributed by atoms with Crippen molar-refractivity contribution in [3.05, 3.63) is 64.7 Å². The Bertz CT molecular complexity index is 963. The average molecular weight is 399 g/mol. The van der Waals surface area contributed by atoms with Crippen molar-refractivity contribution >= 4 is 17.5 Å². The van der Waals surface area contributed by atoms with Gasteiger partial charge in [-0.25, -0.2) is 8.78 Å². The summed E-state index contributed by atoms with van der Waals surface area (Å²) >= 11 is 0. The molecular formula is C22H23F2N3O2. The van der Waals surface area contributed by atoms with Crippen molar-refractivity contribution in [2.45, 2.75) is 38.9 Å². The van der Waals surface area contributed by atoms with Gasteiger partial charge in [-0.05, 0) is 50.5 Å². The second-order valence-corrected chi connectivity index (χ2v) is 7.41. The monoisotopic (exact) mass is 399 g/mol. The Morgan fingerprint density at radius 1 is 1.17 bits per heavy atom. The SMILES string of the molecule is CCN1c2cc(C(=O)NCc3ccc(F)cc3F)ccc2C(=O)N2CCCCC21. The fourth-order valence-electron chi connectivity index (χ4n) is 4.21. The number of amides is 2. The Kier molecular flexibility index (Phi) is 5.22. The van der Waals surface area contributed by atoms with Crippen molar-refractivity contribution in [2.75, 3.05) is 18.0 Å². The van der Waals surface area contributed by atoms with Gasteiger partial charge in [0.1, 0.15) is 17.8 Å². The molecule has 1 unspecified atom stereocenters. The van der Waals surface area contributed by atoms with E-state index in [1.165, 1.54) is 6.07 Å². The van der Waals surface area contributed by atoms with E-state index in [4.69, 9.17) is 0 Å². The number of hydrogen-bond acceptors (Lipinski definition) is 3. The van der Waals surface area contributed by atoms with Gasteiger partial charge in [0, 0.05) is 36.8 Å². The highest BCUT2D eigenvalue weighted by molar-refractivity contribution is 6.04. The van der Waals surface area contributed by atoms with Gasteiger partial charge in [-0.15, -0.1) is 0 Å². The van der Waals surface area contributed by atoms with Crippen molar-refractivity contribution < 1.29 is 18.4 Å². The Labute approximate surface area is 168 Å². The Morgan fingerprint density at radius 3 is 2.76 bits per heavy atom. The van der Waals surface area contributed by atoms with Crippen LogP contribution >= 0.6 is 0 Å². The third-order valence-corrected chi connectivity index (χ3v) is 5.69. The van der Waals surface area contributed by atoms with Crippen LogP contribution in [0.5, 0.6) is 0 Å². The Hall–Kier alpha value is -2.96. The molecule has 1 N–H and O–H groups in total. The highest BCUT2D eigenvalue weighted by Crippen LogP contribution is 2.35. The van der Waals surface area contributed by atoms with Crippen molar-refractivity contribution in [3.63, 3.8) is 0 Å². The van der Waals surface area contributed by atoms with Gasteiger partial charge >= 0.3 is 0 Å². The van der Waals surface area contributed by atoms with E-state index in [2.05, 4.69) is 10.2 Å². The van der Waals surface area contributed by atoms with E-state index in [9.17, 15) is 18.4 Å². The average Bonchev–Trinajstić information content (AvgIpc) is 2.73. The number of hydrogen-bond donors (Lipinski definition) is 1. The summed E-state index contributed by atoms with van der Waals surface area (Å²) in [6.45, 7) is 3.48. The molecule has 0 saturated carbocycles. The van der Waals surface area contributed by atoms with Crippen LogP contribution in [0.1, 0.15) is 52.5 Å². The first-order valence-corrected chi connectivity index (χ1v) is 9.93. The first kappa shape index (κ1) is 19.4. The van der Waals surface area contributed by atoms with Crippen LogP contribution in [-0.2, 0) is 6.54 Å². The molecule has 7 heteroatoms. The van der Waals surface area contributed by atoms with Gasteiger partial charge in [0.2, 0.25) is 0 Å². The summed E-state index contributed by atoms with van der Waals surface area (Å²) in [6, 6.07) is 8.31. The summed E-state index contributed by atoms with van der Waals surface area (Å²) in [5.74, 6) is -1.72. The largest absolute Gasteiger partial charge is 0.351 e. The second-order valence-electron chi connectivity index (χ2n) is 7.41. The van der Waals surface area contributed by atoms with Crippen LogP contribution in [0.25, 0.3) is 0 Å². The molecule has 2 aliphatic heterocycles. The fraction of sp³-hybridized carbons (Fsp3) is 0.364. The lowest BCUT2D eigenvalue weighted by molar-refractivity contribution is 0.0582. The highest BCUT2D eigenvalue weighted by Gasteiger charge is 2.38. The molecular weight excluding hydrogens is 376 g/mol. The van der Waals surface area contributed by atoms with Gasteiger partial charge in [0.15, 0.2) is 0 Å². The number of halogens is 2. The van der Waals surface area contributed by atoms with E-state index >= 15 is 0 Å². The first-order valence-electron chi connectivity index (χ1n) is 9.93. The van der Waals surface area contributed by atoms with Gasteiger partial charge in [0.05, 0.1) is 11.3 Å². The van der Waals surface area contributed by atoms with Gasteiger partial charge < -0.3 is 15.1 Å². The molecule has 2 aromatic rings. The topological polar surface area (TPSA) is 52.7 Å². The Morgan fingerprint density at radius 2 is 2.00 bits per heavy atom. The fourth-order valence-corrected chi connectivity index (χ4v) is 4.21. The van der Waals surface area contributed by atoms with E-state index in [0.29, 0.717) is 11.1 Å². The maximum absolute atomic E-state index is 13.8. The van der Waals surface area contributed by atoms with Gasteiger partial charge in [-0.1, -0.05) is 6.07 Å². The smallest absolute Gasteiger partial charge is 0.257 e. The van der Waals surface area contributed by atoms with Gasteiger partial charge in [-0.2, -0.15) is 0 Å². The third kappa shape index (κ3) is 3.57. The molecule has 1 atom stereocenters. The minimum atomic E-state index is -0.698. The van der Waals surface area contributed by atoms with Crippen LogP contribution in [0.4, 0.5) is 14.5 Å². The zero-order chi connectivity index (χ0) is 20.5. The summed E-state index contributed by atoms with van der Waals surface area (Å²) in [5.41, 5.74) is 1.98. The highest BCUT2D eigenvalue weighted by atomic mass is 19.1. The van der Waals surface area contributed by atoms with Crippen LogP contribution in [-0.4, -0.2) is 36.0 Å². The number of benzene rings is 2. The number of nitrogens with one attached hydrogen (secondary N) is 1. The zero-order valence-corrected chi connectivity index (χ0v) is 16.3. The van der Waals surface area contributed by atoms with E-state index in [1.54, 1.807) is 18.2 Å². The summed E-state index contributed by atoms with van der Waals surface area (Å²) in [5, 5.41) is 2.67. The first-order chi connectivity index (χ1) is 14.0. The van der Waals surface area contributed by atoms with Crippen LogP contribution < -0.4 is 10.2 Å². The van der Waals surface area contributed by atoms with E-state index in [-0.39, 0.29) is 30.1 Å². The number of nitrogens with zero attached hydrogens (tertiary/aromatic N) is 2. The molecule has 0 aromatic heterocycles. The molecule has 2 aliphatic rings. The molecule has 1 fully saturated rings. The number of carbonyl (C=O) groups is 2. The molecule has 152 valence electrons. The van der Waals surface area contributed by atoms with Crippen molar-refractivity contribution in [1.29, 1.82) is 0 Å². The van der Waals surface area contributed by atoms with Gasteiger partial charge in [-0.3, -0.25) is 9.59 Å². The standard InChI is InChI=1S/C22H23F2N3O2/c1-2-26-19-11-14(21(28)25-13-15-6-8-16(23)12-18(15)24)7-9-17(19)22(29)27-10-4-3-5-20(26)27/h6-9,11-12,20H,2-5,10,13H2,1H3,(H,25,28). The molecule has 0 bridgehead atoms. The summed E-state index contributed by atoms with van der Waals surface area (Å²) < 4.78 is 26.8. The molecule has 0 radical (unpaired) electrons. The zero-order valence-electron chi connectivity index (χ0n) is 16.3. The van der Waals surface area contributed by atoms with Crippen molar-refractivity contribution in [3.8, 4) is 0 Å². The van der Waals surface area contributed by atoms with E-state index in [1.807, 2.05) is 11.8 Å². The number of piperidine rings is 1. The molecule has 5 nitrogen and oxygen atoms in total. The molecule has 0 aliphatic carbocycles. The Balaban J connectivity index is 1.57. The summed E-state index contributed by atoms with van der Waals surface area (Å²) in [7, 11) is 0. The summed E-state index contributed by atoms with van der Waals surface area (Å²) in [4.78, 5) is 29.6. The molecule has 29 heavy (non-hydrogen) atoms. The molecule has 2 amide bonds. The minimum absolute atomic E-state index is 0.00902. The molecule has 4 rings (SSSR count). The minimum Gasteiger partial charge on any atom is -0.351 e. The van der Waals surface area contributed by atoms with Crippen molar-refractivity contribution in [2.24, 2.45) is 0 Å². The maximum atomic E-state index is 13.8. The summed E-state index contributed by atoms with van der Waals surface area (Å²) in [6.07, 6.45) is 3.03. The van der Waals surface area contributed by atoms with E-state index < -0.39 is 11.6 Å². The number of anilines is 1. The number of carbonyl (C=O) groups excluding carboxylic acids is 2. The molecule has 2 heterocycles. The van der Waals surface area contributed by atoms with Crippen LogP contribution in [0.2, 0.25) is 0 Å². The number of fused-ring (bicyclic) bond motifs is 2. The predicted molar refractivity (Wildman–Crippen MR) is 106 cm³/mol. The van der Waals surface area contributed by atoms with E-state index in [0.717, 1.165) is 50.2 Å². The van der Waals surface area contributed by atoms with Crippen molar-refractivity contribution in [1.82, 2.24) is 10.2 Å². The lowest BCUT2D eigenvalue weighted by Crippen LogP contribution is -2.57. The lowest BCUT2D eigenvalue weighted by Gasteiger charge is -2.47. The lowest BCUT2D eigenvalue weighted by atomic mass is 9.97. The number of rotatable bonds is 4. The van der Waals surface area contributed by atoms with Crippen LogP contribution in [0, 0.1) is 11.6 Å². The molecule has 1 saturated heterocycles. The molecule has 2 aromatic carbocycles. The van der Waals surface area contributed by atoms with Crippen LogP contribution in [0.15, 0.2) is 36.4 Å².